The molecule has 0 saturated carbocycles. The van der Waals surface area contributed by atoms with Crippen molar-refractivity contribution in [2.24, 2.45) is 0 Å². The summed E-state index contributed by atoms with van der Waals surface area (Å²) in [7, 11) is -3.78. The number of rotatable bonds is 0. The molecule has 0 aromatic heterocycles. The van der Waals surface area contributed by atoms with Crippen molar-refractivity contribution < 1.29 is 27.5 Å². The summed E-state index contributed by atoms with van der Waals surface area (Å²) in [5.41, 5.74) is 2.41. The van der Waals surface area contributed by atoms with Gasteiger partial charge in [-0.05, 0) is 132 Å². The van der Waals surface area contributed by atoms with Crippen molar-refractivity contribution in [1.82, 2.24) is 0 Å². The van der Waals surface area contributed by atoms with Gasteiger partial charge >= 0.3 is 0 Å². The molecule has 0 fully saturated rings. The summed E-state index contributed by atoms with van der Waals surface area (Å²) in [5, 5.41) is -0.296. The molecule has 13 rings (SSSR count). The monoisotopic (exact) mass is 732 g/mol. The Morgan fingerprint density at radius 2 is 0.760 bits per heavy atom. The lowest BCUT2D eigenvalue weighted by atomic mass is 10.2. The molecule has 248 valence electrons. The zero-order valence-electron chi connectivity index (χ0n) is 26.4. The molecule has 7 aliphatic heterocycles. The standard InChI is InChI=1S/C40H28O6S4/c41-39-35-5-1-3-7-37(35)45-25-27-9-21-33(22-10-27)50(43,44)34-23-11-28(12-24-34)26-46-38-8-4-2-6-36(38)40(42)49-32-19-15-30(16-20-32)47-29-13-17-31(48-39)18-14-29/h1-24H,25-26H2. The fourth-order valence-electron chi connectivity index (χ4n) is 5.12. The number of hydrogen-bond acceptors (Lipinski definition) is 9. The van der Waals surface area contributed by atoms with E-state index in [4.69, 9.17) is 9.47 Å². The van der Waals surface area contributed by atoms with E-state index in [0.717, 1.165) is 54.2 Å². The largest absolute Gasteiger partial charge is 0.488 e. The predicted molar refractivity (Wildman–Crippen MR) is 197 cm³/mol. The van der Waals surface area contributed by atoms with Crippen LogP contribution in [0.15, 0.2) is 175 Å². The van der Waals surface area contributed by atoms with Crippen molar-refractivity contribution in [3.8, 4) is 11.5 Å². The van der Waals surface area contributed by atoms with E-state index in [9.17, 15) is 18.0 Å². The minimum Gasteiger partial charge on any atom is -0.488 e. The highest BCUT2D eigenvalue weighted by molar-refractivity contribution is 8.14. The van der Waals surface area contributed by atoms with Gasteiger partial charge in [-0.3, -0.25) is 9.59 Å². The van der Waals surface area contributed by atoms with E-state index in [1.807, 2.05) is 60.7 Å². The van der Waals surface area contributed by atoms with Crippen LogP contribution in [0.2, 0.25) is 0 Å². The normalized spacial score (nSPS) is 14.7. The molecule has 0 N–H and O–H groups in total. The minimum atomic E-state index is -3.78. The number of thioether (sulfide) groups is 2. The molecule has 7 heterocycles. The fourth-order valence-corrected chi connectivity index (χ4v) is 8.73. The summed E-state index contributed by atoms with van der Waals surface area (Å²) in [6, 6.07) is 42.8. The first-order valence-corrected chi connectivity index (χ1v) is 19.4. The lowest BCUT2D eigenvalue weighted by Gasteiger charge is -2.12. The van der Waals surface area contributed by atoms with Crippen LogP contribution in [-0.2, 0) is 23.1 Å². The van der Waals surface area contributed by atoms with E-state index in [-0.39, 0.29) is 33.2 Å². The fraction of sp³-hybridized carbons (Fsp3) is 0.0500. The first kappa shape index (κ1) is 33.7. The van der Waals surface area contributed by atoms with Gasteiger partial charge in [0.05, 0.1) is 20.9 Å². The summed E-state index contributed by atoms with van der Waals surface area (Å²) in [4.78, 5) is 30.6. The molecule has 50 heavy (non-hydrogen) atoms. The van der Waals surface area contributed by atoms with Crippen molar-refractivity contribution >= 4 is 55.4 Å². The third kappa shape index (κ3) is 7.84. The summed E-state index contributed by atoms with van der Waals surface area (Å²) in [5.74, 6) is 0.897. The minimum absolute atomic E-state index is 0.148. The maximum Gasteiger partial charge on any atom is 0.227 e. The van der Waals surface area contributed by atoms with E-state index in [1.54, 1.807) is 96.7 Å². The lowest BCUT2D eigenvalue weighted by Crippen LogP contribution is -2.05. The molecule has 0 unspecified atom stereocenters. The molecular weight excluding hydrogens is 705 g/mol. The summed E-state index contributed by atoms with van der Waals surface area (Å²) in [6.07, 6.45) is 0. The molecule has 0 radical (unpaired) electrons. The Bertz CT molecular complexity index is 2110. The molecule has 7 aliphatic rings. The molecule has 0 amide bonds. The molecule has 0 atom stereocenters. The van der Waals surface area contributed by atoms with Crippen molar-refractivity contribution in [2.75, 3.05) is 0 Å². The first-order chi connectivity index (χ1) is 24.3. The zero-order valence-corrected chi connectivity index (χ0v) is 29.6. The van der Waals surface area contributed by atoms with E-state index in [1.165, 1.54) is 0 Å². The Morgan fingerprint density at radius 1 is 0.420 bits per heavy atom. The van der Waals surface area contributed by atoms with Crippen LogP contribution in [-0.4, -0.2) is 18.6 Å². The van der Waals surface area contributed by atoms with Gasteiger partial charge in [0.25, 0.3) is 0 Å². The van der Waals surface area contributed by atoms with Gasteiger partial charge in [0.1, 0.15) is 24.7 Å². The summed E-state index contributed by atoms with van der Waals surface area (Å²) >= 11 is 3.84. The number of carbonyl (C=O) groups is 2. The molecule has 8 bridgehead atoms. The van der Waals surface area contributed by atoms with Crippen LogP contribution < -0.4 is 9.47 Å². The number of para-hydroxylation sites is 2. The van der Waals surface area contributed by atoms with Crippen molar-refractivity contribution in [1.29, 1.82) is 0 Å². The molecule has 0 spiro atoms. The van der Waals surface area contributed by atoms with E-state index >= 15 is 0 Å². The average Bonchev–Trinajstić information content (AvgIpc) is 3.15. The maximum atomic E-state index is 13.4. The smallest absolute Gasteiger partial charge is 0.227 e. The molecule has 6 nitrogen and oxygen atoms in total. The Labute approximate surface area is 303 Å². The molecule has 0 aliphatic carbocycles. The number of carbonyl (C=O) groups excluding carboxylic acids is 2. The molecule has 10 heteroatoms. The number of hydrogen-bond donors (Lipinski definition) is 0. The number of benzene rings is 6. The van der Waals surface area contributed by atoms with Crippen molar-refractivity contribution in [3.05, 3.63) is 168 Å². The molecule has 0 saturated heterocycles. The third-order valence-corrected chi connectivity index (χ3v) is 12.4. The van der Waals surface area contributed by atoms with Gasteiger partial charge in [-0.1, -0.05) is 60.3 Å². The second-order valence-corrected chi connectivity index (χ2v) is 16.4. The van der Waals surface area contributed by atoms with Crippen LogP contribution in [0.3, 0.4) is 0 Å². The van der Waals surface area contributed by atoms with Gasteiger partial charge in [0, 0.05) is 19.6 Å². The first-order valence-electron chi connectivity index (χ1n) is 15.5. The van der Waals surface area contributed by atoms with Crippen LogP contribution in [0.1, 0.15) is 31.8 Å². The maximum absolute atomic E-state index is 13.4. The third-order valence-electron chi connectivity index (χ3n) is 7.77. The van der Waals surface area contributed by atoms with Gasteiger partial charge in [-0.2, -0.15) is 0 Å². The highest BCUT2D eigenvalue weighted by Crippen LogP contribution is 2.35. The summed E-state index contributed by atoms with van der Waals surface area (Å²) < 4.78 is 39.0. The van der Waals surface area contributed by atoms with Gasteiger partial charge in [-0.25, -0.2) is 8.42 Å². The lowest BCUT2D eigenvalue weighted by molar-refractivity contribution is 0.107. The number of sulfone groups is 1. The van der Waals surface area contributed by atoms with Crippen molar-refractivity contribution in [3.63, 3.8) is 0 Å². The Balaban J connectivity index is 1.18. The topological polar surface area (TPSA) is 86.7 Å². The zero-order chi connectivity index (χ0) is 34.5. The van der Waals surface area contributed by atoms with Crippen LogP contribution in [0.25, 0.3) is 0 Å². The summed E-state index contributed by atoms with van der Waals surface area (Å²) in [6.45, 7) is 0.314. The van der Waals surface area contributed by atoms with Crippen LogP contribution >= 0.6 is 35.3 Å². The molecule has 6 aromatic rings. The Kier molecular flexibility index (Phi) is 10.1. The van der Waals surface area contributed by atoms with Crippen LogP contribution in [0, 0.1) is 0 Å². The van der Waals surface area contributed by atoms with Crippen LogP contribution in [0.4, 0.5) is 0 Å². The second-order valence-electron chi connectivity index (χ2n) is 11.2. The van der Waals surface area contributed by atoms with E-state index < -0.39 is 9.84 Å². The average molecular weight is 733 g/mol. The van der Waals surface area contributed by atoms with E-state index in [0.29, 0.717) is 22.6 Å². The van der Waals surface area contributed by atoms with Crippen LogP contribution in [0.5, 0.6) is 11.5 Å². The highest BCUT2D eigenvalue weighted by atomic mass is 32.2. The molecule has 6 aromatic carbocycles. The van der Waals surface area contributed by atoms with E-state index in [2.05, 4.69) is 0 Å². The van der Waals surface area contributed by atoms with Gasteiger partial charge in [0.15, 0.2) is 0 Å². The van der Waals surface area contributed by atoms with Crippen molar-refractivity contribution in [2.45, 2.75) is 42.6 Å². The SMILES string of the molecule is O=C1Sc2ccc(cc2)Sc2ccc(cc2)SC(=O)c2ccccc2OCc2ccc(cc2)S(=O)(=O)c2ccc(cc2)COc2ccccc21. The quantitative estimate of drug-likeness (QED) is 0.151. The number of ether oxygens (including phenoxy) is 2. The van der Waals surface area contributed by atoms with Gasteiger partial charge in [0.2, 0.25) is 20.1 Å². The van der Waals surface area contributed by atoms with Gasteiger partial charge < -0.3 is 9.47 Å². The highest BCUT2D eigenvalue weighted by Gasteiger charge is 2.19. The van der Waals surface area contributed by atoms with Gasteiger partial charge in [-0.15, -0.1) is 0 Å². The second kappa shape index (κ2) is 15.0. The Morgan fingerprint density at radius 3 is 1.14 bits per heavy atom. The molecular formula is C40H28O6S4. The Hall–Kier alpha value is -4.74. The predicted octanol–water partition coefficient (Wildman–Crippen LogP) is 10.0.